The smallest absolute Gasteiger partial charge is 0.457 e. The van der Waals surface area contributed by atoms with Crippen molar-refractivity contribution in [3.8, 4) is 0 Å². The largest absolute Gasteiger partial charge is 0.460 e. The minimum absolute atomic E-state index is 0.373. The van der Waals surface area contributed by atoms with Crippen molar-refractivity contribution in [1.82, 2.24) is 0 Å². The molecule has 1 atom stereocenters. The maximum Gasteiger partial charge on any atom is 0.460 e. The third-order valence-electron chi connectivity index (χ3n) is 3.47. The molecule has 0 N–H and O–H groups in total. The highest BCUT2D eigenvalue weighted by atomic mass is 19.4. The number of halogens is 14. The van der Waals surface area contributed by atoms with Gasteiger partial charge in [0.2, 0.25) is 5.67 Å². The van der Waals surface area contributed by atoms with E-state index in [0.29, 0.717) is 6.92 Å². The molecule has 0 bridgehead atoms. The van der Waals surface area contributed by atoms with Crippen LogP contribution < -0.4 is 0 Å². The zero-order valence-electron chi connectivity index (χ0n) is 13.5. The second-order valence-electron chi connectivity index (χ2n) is 5.63. The van der Waals surface area contributed by atoms with Crippen LogP contribution in [0.3, 0.4) is 0 Å². The number of esters is 1. The van der Waals surface area contributed by atoms with Crippen LogP contribution in [0.2, 0.25) is 0 Å². The molecule has 0 aliphatic carbocycles. The van der Waals surface area contributed by atoms with E-state index in [9.17, 15) is 66.3 Å². The Morgan fingerprint density at radius 2 is 1.04 bits per heavy atom. The molecule has 16 heteroatoms. The van der Waals surface area contributed by atoms with Gasteiger partial charge in [0.1, 0.15) is 0 Å². The molecule has 0 saturated heterocycles. The van der Waals surface area contributed by atoms with Crippen molar-refractivity contribution in [3.05, 3.63) is 0 Å². The van der Waals surface area contributed by atoms with E-state index in [1.165, 1.54) is 0 Å². The molecule has 0 aromatic heterocycles. The Labute approximate surface area is 146 Å². The molecule has 0 aromatic carbocycles. The third kappa shape index (κ3) is 3.95. The number of carbonyl (C=O) groups excluding carboxylic acids is 1. The lowest BCUT2D eigenvalue weighted by Crippen LogP contribution is -2.70. The fraction of sp³-hybridized carbons (Fsp3) is 0.917. The quantitative estimate of drug-likeness (QED) is 0.364. The van der Waals surface area contributed by atoms with Gasteiger partial charge in [-0.25, -0.2) is 9.18 Å². The van der Waals surface area contributed by atoms with Crippen LogP contribution in [0, 0.1) is 0 Å². The van der Waals surface area contributed by atoms with Crippen LogP contribution in [0.15, 0.2) is 0 Å². The van der Waals surface area contributed by atoms with Crippen LogP contribution in [-0.2, 0) is 9.53 Å². The third-order valence-corrected chi connectivity index (χ3v) is 3.47. The van der Waals surface area contributed by atoms with Crippen molar-refractivity contribution in [2.24, 2.45) is 0 Å². The van der Waals surface area contributed by atoms with Crippen molar-refractivity contribution >= 4 is 5.97 Å². The van der Waals surface area contributed by atoms with E-state index in [0.717, 1.165) is 6.92 Å². The van der Waals surface area contributed by atoms with Crippen LogP contribution in [0.25, 0.3) is 0 Å². The van der Waals surface area contributed by atoms with Gasteiger partial charge in [0.05, 0.1) is 0 Å². The van der Waals surface area contributed by atoms with Gasteiger partial charge in [0.15, 0.2) is 6.61 Å². The van der Waals surface area contributed by atoms with Gasteiger partial charge >= 0.3 is 41.8 Å². The summed E-state index contributed by atoms with van der Waals surface area (Å²) in [6.45, 7) is -1.93. The molecule has 0 radical (unpaired) electrons. The van der Waals surface area contributed by atoms with E-state index < -0.39 is 60.5 Å². The van der Waals surface area contributed by atoms with Crippen LogP contribution in [0.1, 0.15) is 20.3 Å². The first-order valence-corrected chi connectivity index (χ1v) is 6.76. The standard InChI is InChI=1S/C12H10F14O2/c1-3-6(2,13)5(27)28-4-7(14,15)8(16,17)9(18,19)10(20,21)11(22,23)12(24,25)26/h3-4H2,1-2H3. The van der Waals surface area contributed by atoms with E-state index in [1.54, 1.807) is 0 Å². The predicted molar refractivity (Wildman–Crippen MR) is 61.6 cm³/mol. The van der Waals surface area contributed by atoms with Gasteiger partial charge < -0.3 is 4.74 Å². The van der Waals surface area contributed by atoms with E-state index in [1.807, 2.05) is 0 Å². The highest BCUT2D eigenvalue weighted by Crippen LogP contribution is 2.60. The van der Waals surface area contributed by atoms with Gasteiger partial charge in [-0.2, -0.15) is 57.1 Å². The summed E-state index contributed by atoms with van der Waals surface area (Å²) in [5.41, 5.74) is -3.11. The second-order valence-corrected chi connectivity index (χ2v) is 5.63. The molecule has 2 nitrogen and oxygen atoms in total. The number of hydrogen-bond acceptors (Lipinski definition) is 2. The topological polar surface area (TPSA) is 26.3 Å². The summed E-state index contributed by atoms with van der Waals surface area (Å²) < 4.78 is 183. The zero-order valence-corrected chi connectivity index (χ0v) is 13.5. The van der Waals surface area contributed by atoms with E-state index >= 15 is 0 Å². The van der Waals surface area contributed by atoms with Crippen LogP contribution in [0.4, 0.5) is 61.5 Å². The van der Waals surface area contributed by atoms with Crippen LogP contribution >= 0.6 is 0 Å². The first-order chi connectivity index (χ1) is 11.9. The summed E-state index contributed by atoms with van der Waals surface area (Å²) >= 11 is 0. The van der Waals surface area contributed by atoms with Crippen molar-refractivity contribution in [1.29, 1.82) is 0 Å². The molecule has 0 amide bonds. The lowest BCUT2D eigenvalue weighted by atomic mass is 9.94. The van der Waals surface area contributed by atoms with Crippen molar-refractivity contribution in [3.63, 3.8) is 0 Å². The van der Waals surface area contributed by atoms with E-state index in [4.69, 9.17) is 0 Å². The monoisotopic (exact) mass is 452 g/mol. The summed E-state index contributed by atoms with van der Waals surface area (Å²) in [6, 6.07) is 0. The normalized spacial score (nSPS) is 17.3. The predicted octanol–water partition coefficient (Wildman–Crippen LogP) is 5.41. The Morgan fingerprint density at radius 1 is 0.679 bits per heavy atom. The minimum atomic E-state index is -8.05. The lowest BCUT2D eigenvalue weighted by Gasteiger charge is -2.39. The number of carbonyl (C=O) groups is 1. The summed E-state index contributed by atoms with van der Waals surface area (Å²) in [4.78, 5) is 11.0. The van der Waals surface area contributed by atoms with Gasteiger partial charge in [0, 0.05) is 0 Å². The van der Waals surface area contributed by atoms with Crippen molar-refractivity contribution < 1.29 is 71.0 Å². The molecule has 0 spiro atoms. The first-order valence-electron chi connectivity index (χ1n) is 6.76. The van der Waals surface area contributed by atoms with Crippen molar-refractivity contribution in [2.45, 2.75) is 61.7 Å². The molecule has 28 heavy (non-hydrogen) atoms. The molecule has 0 fully saturated rings. The number of hydrogen-bond donors (Lipinski definition) is 0. The molecule has 0 aliphatic rings. The molecule has 0 saturated carbocycles. The molecule has 0 rings (SSSR count). The molecule has 0 aliphatic heterocycles. The Hall–Kier alpha value is -1.51. The first kappa shape index (κ1) is 26.5. The molecular formula is C12H10F14O2. The Morgan fingerprint density at radius 3 is 1.36 bits per heavy atom. The summed E-state index contributed by atoms with van der Waals surface area (Å²) in [5, 5.41) is 0. The summed E-state index contributed by atoms with van der Waals surface area (Å²) in [5.74, 6) is -40.4. The zero-order chi connectivity index (χ0) is 23.2. The minimum Gasteiger partial charge on any atom is -0.457 e. The number of alkyl halides is 14. The molecule has 0 heterocycles. The molecule has 0 aromatic rings. The van der Waals surface area contributed by atoms with Gasteiger partial charge in [-0.15, -0.1) is 0 Å². The fourth-order valence-electron chi connectivity index (χ4n) is 1.34. The van der Waals surface area contributed by atoms with E-state index in [-0.39, 0.29) is 0 Å². The molecular weight excluding hydrogens is 442 g/mol. The SMILES string of the molecule is CCC(C)(F)C(=O)OCC(F)(F)C(F)(F)C(F)(F)C(F)(F)C(F)(F)C(F)(F)F. The fourth-order valence-corrected chi connectivity index (χ4v) is 1.34. The number of ether oxygens (including phenoxy) is 1. The maximum absolute atomic E-state index is 13.4. The van der Waals surface area contributed by atoms with Gasteiger partial charge in [-0.1, -0.05) is 6.92 Å². The highest BCUT2D eigenvalue weighted by molar-refractivity contribution is 5.78. The van der Waals surface area contributed by atoms with Gasteiger partial charge in [-0.3, -0.25) is 0 Å². The second kappa shape index (κ2) is 7.07. The lowest BCUT2D eigenvalue weighted by molar-refractivity contribution is -0.441. The van der Waals surface area contributed by atoms with Gasteiger partial charge in [-0.05, 0) is 13.3 Å². The molecule has 1 unspecified atom stereocenters. The average molecular weight is 452 g/mol. The Kier molecular flexibility index (Phi) is 6.69. The highest BCUT2D eigenvalue weighted by Gasteiger charge is 2.90. The summed E-state index contributed by atoms with van der Waals surface area (Å²) in [6.07, 6.45) is -8.32. The van der Waals surface area contributed by atoms with E-state index in [2.05, 4.69) is 4.74 Å². The maximum atomic E-state index is 13.4. The van der Waals surface area contributed by atoms with Gasteiger partial charge in [0.25, 0.3) is 0 Å². The summed E-state index contributed by atoms with van der Waals surface area (Å²) in [7, 11) is 0. The average Bonchev–Trinajstić information content (AvgIpc) is 2.50. The van der Waals surface area contributed by atoms with Crippen LogP contribution in [0.5, 0.6) is 0 Å². The van der Waals surface area contributed by atoms with Crippen molar-refractivity contribution in [2.75, 3.05) is 6.61 Å². The number of rotatable bonds is 8. The molecule has 168 valence electrons. The Balaban J connectivity index is 5.96. The van der Waals surface area contributed by atoms with Crippen LogP contribution in [-0.4, -0.2) is 54.0 Å². The Bertz CT molecular complexity index is 577.